The second-order valence-electron chi connectivity index (χ2n) is 5.03. The van der Waals surface area contributed by atoms with E-state index in [1.807, 2.05) is 25.1 Å². The van der Waals surface area contributed by atoms with Gasteiger partial charge in [-0.25, -0.2) is 0 Å². The second kappa shape index (κ2) is 6.15. The molecule has 3 rings (SSSR count). The average molecular weight is 369 g/mol. The van der Waals surface area contributed by atoms with E-state index in [0.717, 1.165) is 36.1 Å². The van der Waals surface area contributed by atoms with Crippen LogP contribution in [0.1, 0.15) is 18.4 Å². The fourth-order valence-corrected chi connectivity index (χ4v) is 3.04. The lowest BCUT2D eigenvalue weighted by molar-refractivity contribution is 0.883. The first-order chi connectivity index (χ1) is 10.1. The maximum atomic E-state index is 6.02. The Kier molecular flexibility index (Phi) is 4.26. The van der Waals surface area contributed by atoms with Gasteiger partial charge in [0.1, 0.15) is 0 Å². The Balaban J connectivity index is 1.87. The standard InChI is InChI=1S/C14H15BrClN5/c1-9-4-5-11(10(15)8-9)17-13-18-12(16)19-14(20-13)21-6-2-3-7-21/h4-5,8H,2-3,6-7H2,1H3,(H,17,18,19,20). The Morgan fingerprint density at radius 3 is 2.67 bits per heavy atom. The first kappa shape index (κ1) is 14.5. The minimum absolute atomic E-state index is 0.206. The highest BCUT2D eigenvalue weighted by Crippen LogP contribution is 2.27. The third kappa shape index (κ3) is 3.44. The summed E-state index contributed by atoms with van der Waals surface area (Å²) < 4.78 is 0.960. The molecule has 0 bridgehead atoms. The number of hydrogen-bond donors (Lipinski definition) is 1. The van der Waals surface area contributed by atoms with Crippen molar-refractivity contribution >= 4 is 45.1 Å². The van der Waals surface area contributed by atoms with Gasteiger partial charge in [0.25, 0.3) is 0 Å². The van der Waals surface area contributed by atoms with Gasteiger partial charge in [0.05, 0.1) is 5.69 Å². The van der Waals surface area contributed by atoms with E-state index in [1.165, 1.54) is 5.56 Å². The summed E-state index contributed by atoms with van der Waals surface area (Å²) in [5, 5.41) is 3.39. The van der Waals surface area contributed by atoms with E-state index in [-0.39, 0.29) is 5.28 Å². The highest BCUT2D eigenvalue weighted by atomic mass is 79.9. The molecular formula is C14H15BrClN5. The van der Waals surface area contributed by atoms with Gasteiger partial charge in [0, 0.05) is 17.6 Å². The average Bonchev–Trinajstić information content (AvgIpc) is 2.95. The van der Waals surface area contributed by atoms with Gasteiger partial charge in [0.2, 0.25) is 17.2 Å². The van der Waals surface area contributed by atoms with Crippen LogP contribution in [0.2, 0.25) is 5.28 Å². The number of benzene rings is 1. The number of aryl methyl sites for hydroxylation is 1. The molecule has 2 heterocycles. The number of nitrogens with zero attached hydrogens (tertiary/aromatic N) is 4. The molecule has 0 radical (unpaired) electrons. The molecule has 1 aliphatic rings. The summed E-state index contributed by atoms with van der Waals surface area (Å²) in [5.74, 6) is 1.10. The van der Waals surface area contributed by atoms with Crippen molar-refractivity contribution in [2.75, 3.05) is 23.3 Å². The molecule has 110 valence electrons. The molecular weight excluding hydrogens is 354 g/mol. The van der Waals surface area contributed by atoms with Crippen LogP contribution in [-0.2, 0) is 0 Å². The van der Waals surface area contributed by atoms with Crippen LogP contribution in [0.4, 0.5) is 17.6 Å². The van der Waals surface area contributed by atoms with E-state index >= 15 is 0 Å². The van der Waals surface area contributed by atoms with Gasteiger partial charge < -0.3 is 10.2 Å². The van der Waals surface area contributed by atoms with Gasteiger partial charge in [-0.3, -0.25) is 0 Å². The molecule has 0 spiro atoms. The summed E-state index contributed by atoms with van der Waals surface area (Å²) in [6.07, 6.45) is 2.32. The normalized spacial score (nSPS) is 14.5. The van der Waals surface area contributed by atoms with Crippen molar-refractivity contribution in [3.63, 3.8) is 0 Å². The molecule has 0 amide bonds. The molecule has 1 saturated heterocycles. The van der Waals surface area contributed by atoms with Gasteiger partial charge in [-0.1, -0.05) is 6.07 Å². The molecule has 1 aromatic carbocycles. The monoisotopic (exact) mass is 367 g/mol. The van der Waals surface area contributed by atoms with Crippen LogP contribution in [0.5, 0.6) is 0 Å². The van der Waals surface area contributed by atoms with E-state index in [9.17, 15) is 0 Å². The van der Waals surface area contributed by atoms with Crippen LogP contribution in [0.25, 0.3) is 0 Å². The van der Waals surface area contributed by atoms with E-state index in [2.05, 4.69) is 41.1 Å². The zero-order valence-corrected chi connectivity index (χ0v) is 13.9. The van der Waals surface area contributed by atoms with Crippen molar-refractivity contribution in [3.8, 4) is 0 Å². The number of halogens is 2. The summed E-state index contributed by atoms with van der Waals surface area (Å²) in [6.45, 7) is 3.97. The number of hydrogen-bond acceptors (Lipinski definition) is 5. The van der Waals surface area contributed by atoms with Crippen LogP contribution >= 0.6 is 27.5 Å². The first-order valence-corrected chi connectivity index (χ1v) is 7.98. The van der Waals surface area contributed by atoms with Gasteiger partial charge in [-0.05, 0) is 65.0 Å². The Morgan fingerprint density at radius 1 is 1.19 bits per heavy atom. The fraction of sp³-hybridized carbons (Fsp3) is 0.357. The van der Waals surface area contributed by atoms with Crippen molar-refractivity contribution in [1.29, 1.82) is 0 Å². The Hall–Kier alpha value is -1.40. The highest BCUT2D eigenvalue weighted by Gasteiger charge is 2.17. The van der Waals surface area contributed by atoms with Crippen LogP contribution in [-0.4, -0.2) is 28.0 Å². The maximum Gasteiger partial charge on any atom is 0.233 e. The summed E-state index contributed by atoms with van der Waals surface area (Å²) in [5.41, 5.74) is 2.08. The topological polar surface area (TPSA) is 53.9 Å². The predicted molar refractivity (Wildman–Crippen MR) is 88.4 cm³/mol. The van der Waals surface area contributed by atoms with E-state index in [0.29, 0.717) is 11.9 Å². The molecule has 0 unspecified atom stereocenters. The van der Waals surface area contributed by atoms with Crippen LogP contribution < -0.4 is 10.2 Å². The molecule has 2 aromatic rings. The molecule has 1 aliphatic heterocycles. The third-order valence-corrected chi connectivity index (χ3v) is 4.18. The van der Waals surface area contributed by atoms with E-state index < -0.39 is 0 Å². The summed E-state index contributed by atoms with van der Waals surface area (Å²) in [4.78, 5) is 14.9. The molecule has 21 heavy (non-hydrogen) atoms. The second-order valence-corrected chi connectivity index (χ2v) is 6.22. The third-order valence-electron chi connectivity index (χ3n) is 3.36. The van der Waals surface area contributed by atoms with Crippen LogP contribution in [0, 0.1) is 6.92 Å². The summed E-state index contributed by atoms with van der Waals surface area (Å²) in [6, 6.07) is 6.04. The van der Waals surface area contributed by atoms with Crippen LogP contribution in [0.3, 0.4) is 0 Å². The van der Waals surface area contributed by atoms with Gasteiger partial charge in [-0.2, -0.15) is 15.0 Å². The zero-order chi connectivity index (χ0) is 14.8. The number of aromatic nitrogens is 3. The molecule has 0 atom stereocenters. The van der Waals surface area contributed by atoms with Crippen molar-refractivity contribution in [3.05, 3.63) is 33.5 Å². The molecule has 7 heteroatoms. The van der Waals surface area contributed by atoms with Gasteiger partial charge in [-0.15, -0.1) is 0 Å². The Labute approximate surface area is 136 Å². The molecule has 1 N–H and O–H groups in total. The lowest BCUT2D eigenvalue weighted by Gasteiger charge is -2.16. The largest absolute Gasteiger partial charge is 0.341 e. The highest BCUT2D eigenvalue weighted by molar-refractivity contribution is 9.10. The van der Waals surface area contributed by atoms with Gasteiger partial charge in [0.15, 0.2) is 0 Å². The lowest BCUT2D eigenvalue weighted by Crippen LogP contribution is -2.21. The first-order valence-electron chi connectivity index (χ1n) is 6.81. The molecule has 1 aromatic heterocycles. The lowest BCUT2D eigenvalue weighted by atomic mass is 10.2. The number of anilines is 3. The Bertz CT molecular complexity index is 658. The SMILES string of the molecule is Cc1ccc(Nc2nc(Cl)nc(N3CCCC3)n2)c(Br)c1. The minimum atomic E-state index is 0.206. The van der Waals surface area contributed by atoms with Crippen molar-refractivity contribution in [2.45, 2.75) is 19.8 Å². The summed E-state index contributed by atoms with van der Waals surface area (Å²) >= 11 is 9.55. The van der Waals surface area contributed by atoms with Crippen molar-refractivity contribution < 1.29 is 0 Å². The molecule has 1 fully saturated rings. The Morgan fingerprint density at radius 2 is 1.95 bits per heavy atom. The van der Waals surface area contributed by atoms with E-state index in [1.54, 1.807) is 0 Å². The molecule has 0 saturated carbocycles. The zero-order valence-electron chi connectivity index (χ0n) is 11.6. The van der Waals surface area contributed by atoms with Crippen molar-refractivity contribution in [1.82, 2.24) is 15.0 Å². The summed E-state index contributed by atoms with van der Waals surface area (Å²) in [7, 11) is 0. The molecule has 0 aliphatic carbocycles. The number of nitrogens with one attached hydrogen (secondary N) is 1. The fourth-order valence-electron chi connectivity index (χ4n) is 2.30. The van der Waals surface area contributed by atoms with Crippen molar-refractivity contribution in [2.24, 2.45) is 0 Å². The number of rotatable bonds is 3. The van der Waals surface area contributed by atoms with Crippen LogP contribution in [0.15, 0.2) is 22.7 Å². The predicted octanol–water partition coefficient (Wildman–Crippen LogP) is 3.94. The molecule has 5 nitrogen and oxygen atoms in total. The minimum Gasteiger partial charge on any atom is -0.341 e. The maximum absolute atomic E-state index is 6.02. The smallest absolute Gasteiger partial charge is 0.233 e. The van der Waals surface area contributed by atoms with Gasteiger partial charge >= 0.3 is 0 Å². The van der Waals surface area contributed by atoms with E-state index in [4.69, 9.17) is 11.6 Å². The quantitative estimate of drug-likeness (QED) is 0.889.